The number of hydrogen-bond donors (Lipinski definition) is 1. The van der Waals surface area contributed by atoms with Crippen molar-refractivity contribution in [3.8, 4) is 0 Å². The van der Waals surface area contributed by atoms with E-state index < -0.39 is 0 Å². The quantitative estimate of drug-likeness (QED) is 0.444. The Morgan fingerprint density at radius 3 is 2.55 bits per heavy atom. The fourth-order valence-electron chi connectivity index (χ4n) is 4.22. The van der Waals surface area contributed by atoms with E-state index in [2.05, 4.69) is 52.6 Å². The van der Waals surface area contributed by atoms with Crippen molar-refractivity contribution in [2.75, 3.05) is 13.1 Å². The van der Waals surface area contributed by atoms with Gasteiger partial charge in [-0.05, 0) is 44.0 Å². The number of thiazole rings is 1. The Labute approximate surface area is 204 Å². The van der Waals surface area contributed by atoms with Gasteiger partial charge in [0.25, 0.3) is 5.91 Å². The van der Waals surface area contributed by atoms with Gasteiger partial charge in [-0.1, -0.05) is 36.4 Å². The molecule has 4 rings (SSSR count). The highest BCUT2D eigenvalue weighted by molar-refractivity contribution is 7.98. The first-order chi connectivity index (χ1) is 16.0. The molecule has 1 aliphatic heterocycles. The summed E-state index contributed by atoms with van der Waals surface area (Å²) >= 11 is 3.31. The van der Waals surface area contributed by atoms with E-state index in [0.717, 1.165) is 46.5 Å². The molecule has 0 radical (unpaired) electrons. The number of morpholine rings is 1. The van der Waals surface area contributed by atoms with E-state index in [0.29, 0.717) is 12.1 Å². The van der Waals surface area contributed by atoms with E-state index in [1.165, 1.54) is 5.56 Å². The number of nitrogens with one attached hydrogen (secondary N) is 1. The molecule has 1 N–H and O–H groups in total. The van der Waals surface area contributed by atoms with Crippen molar-refractivity contribution in [2.45, 2.75) is 56.7 Å². The van der Waals surface area contributed by atoms with Crippen molar-refractivity contribution in [1.29, 1.82) is 0 Å². The number of carbonyl (C=O) groups is 1. The first-order valence-electron chi connectivity index (χ1n) is 11.3. The molecule has 0 aliphatic carbocycles. The van der Waals surface area contributed by atoms with Gasteiger partial charge in [-0.2, -0.15) is 0 Å². The number of aromatic nitrogens is 1. The summed E-state index contributed by atoms with van der Waals surface area (Å²) in [7, 11) is 0. The molecule has 1 amide bonds. The highest BCUT2D eigenvalue weighted by Crippen LogP contribution is 2.27. The molecule has 0 saturated carbocycles. The monoisotopic (exact) mass is 481 g/mol. The van der Waals surface area contributed by atoms with Crippen molar-refractivity contribution >= 4 is 29.0 Å². The second-order valence-electron chi connectivity index (χ2n) is 8.55. The minimum Gasteiger partial charge on any atom is -0.373 e. The fourth-order valence-corrected chi connectivity index (χ4v) is 5.88. The Hall–Kier alpha value is -2.19. The zero-order valence-corrected chi connectivity index (χ0v) is 21.0. The molecule has 1 fully saturated rings. The van der Waals surface area contributed by atoms with Crippen LogP contribution in [0.5, 0.6) is 0 Å². The molecule has 2 aromatic carbocycles. The van der Waals surface area contributed by atoms with Crippen LogP contribution in [0.2, 0.25) is 0 Å². The van der Waals surface area contributed by atoms with Crippen LogP contribution in [0, 0.1) is 6.92 Å². The summed E-state index contributed by atoms with van der Waals surface area (Å²) in [5, 5.41) is 6.29. The van der Waals surface area contributed by atoms with Crippen LogP contribution in [0.25, 0.3) is 0 Å². The van der Waals surface area contributed by atoms with Crippen LogP contribution in [0.3, 0.4) is 0 Å². The standard InChI is InChI=1S/C26H31N3O2S2/c1-18-13-29(14-19(2)31-18)15-22-9-5-4-8-21(22)12-27-26(30)24-10-6-7-11-25(24)33-17-23-16-32-20(3)28-23/h4-11,16,18-19H,12-15,17H2,1-3H3,(H,27,30). The molecule has 2 heterocycles. The third-order valence-corrected chi connectivity index (χ3v) is 7.55. The van der Waals surface area contributed by atoms with Crippen molar-refractivity contribution < 1.29 is 9.53 Å². The summed E-state index contributed by atoms with van der Waals surface area (Å²) in [5.74, 6) is 0.712. The molecule has 1 aliphatic rings. The maximum atomic E-state index is 13.1. The number of rotatable bonds is 8. The van der Waals surface area contributed by atoms with Gasteiger partial charge in [0.15, 0.2) is 0 Å². The van der Waals surface area contributed by atoms with Gasteiger partial charge in [-0.25, -0.2) is 4.98 Å². The number of amides is 1. The molecule has 1 aromatic heterocycles. The van der Waals surface area contributed by atoms with Crippen LogP contribution in [-0.4, -0.2) is 41.1 Å². The highest BCUT2D eigenvalue weighted by Gasteiger charge is 2.22. The second kappa shape index (κ2) is 11.3. The molecule has 5 nitrogen and oxygen atoms in total. The van der Waals surface area contributed by atoms with E-state index in [1.807, 2.05) is 37.3 Å². The minimum atomic E-state index is -0.0454. The average Bonchev–Trinajstić information content (AvgIpc) is 3.21. The lowest BCUT2D eigenvalue weighted by Crippen LogP contribution is -2.45. The topological polar surface area (TPSA) is 54.5 Å². The second-order valence-corrected chi connectivity index (χ2v) is 10.6. The summed E-state index contributed by atoms with van der Waals surface area (Å²) in [6.45, 7) is 9.48. The summed E-state index contributed by atoms with van der Waals surface area (Å²) in [6.07, 6.45) is 0.477. The van der Waals surface area contributed by atoms with E-state index >= 15 is 0 Å². The van der Waals surface area contributed by atoms with Gasteiger partial charge in [0.05, 0.1) is 28.5 Å². The smallest absolute Gasteiger partial charge is 0.252 e. The molecule has 1 saturated heterocycles. The molecule has 7 heteroatoms. The SMILES string of the molecule is Cc1nc(CSc2ccccc2C(=O)NCc2ccccc2CN2CC(C)OC(C)C2)cs1. The predicted molar refractivity (Wildman–Crippen MR) is 136 cm³/mol. The van der Waals surface area contributed by atoms with Gasteiger partial charge >= 0.3 is 0 Å². The summed E-state index contributed by atoms with van der Waals surface area (Å²) < 4.78 is 5.87. The zero-order valence-electron chi connectivity index (χ0n) is 19.4. The van der Waals surface area contributed by atoms with Crippen LogP contribution in [-0.2, 0) is 23.6 Å². The Bertz CT molecular complexity index is 1070. The molecule has 174 valence electrons. The van der Waals surface area contributed by atoms with E-state index in [-0.39, 0.29) is 18.1 Å². The van der Waals surface area contributed by atoms with Gasteiger partial charge in [-0.15, -0.1) is 23.1 Å². The van der Waals surface area contributed by atoms with E-state index in [9.17, 15) is 4.79 Å². The lowest BCUT2D eigenvalue weighted by Gasteiger charge is -2.35. The number of ether oxygens (including phenoxy) is 1. The summed E-state index contributed by atoms with van der Waals surface area (Å²) in [5.41, 5.74) is 4.17. The Balaban J connectivity index is 1.39. The van der Waals surface area contributed by atoms with Crippen molar-refractivity contribution in [2.24, 2.45) is 0 Å². The zero-order chi connectivity index (χ0) is 23.2. The minimum absolute atomic E-state index is 0.0454. The fraction of sp³-hybridized carbons (Fsp3) is 0.385. The number of aryl methyl sites for hydroxylation is 1. The van der Waals surface area contributed by atoms with Crippen molar-refractivity contribution in [3.05, 3.63) is 81.3 Å². The molecule has 3 aromatic rings. The molecular weight excluding hydrogens is 450 g/mol. The Kier molecular flexibility index (Phi) is 8.20. The summed E-state index contributed by atoms with van der Waals surface area (Å²) in [4.78, 5) is 21.0. The number of hydrogen-bond acceptors (Lipinski definition) is 6. The first-order valence-corrected chi connectivity index (χ1v) is 13.2. The number of carbonyl (C=O) groups excluding carboxylic acids is 1. The largest absolute Gasteiger partial charge is 0.373 e. The van der Waals surface area contributed by atoms with Crippen LogP contribution >= 0.6 is 23.1 Å². The van der Waals surface area contributed by atoms with Crippen LogP contribution in [0.4, 0.5) is 0 Å². The number of benzene rings is 2. The average molecular weight is 482 g/mol. The maximum Gasteiger partial charge on any atom is 0.252 e. The summed E-state index contributed by atoms with van der Waals surface area (Å²) in [6, 6.07) is 16.2. The van der Waals surface area contributed by atoms with Crippen LogP contribution in [0.1, 0.15) is 46.0 Å². The van der Waals surface area contributed by atoms with Crippen molar-refractivity contribution in [3.63, 3.8) is 0 Å². The van der Waals surface area contributed by atoms with Gasteiger partial charge in [0, 0.05) is 42.2 Å². The third kappa shape index (κ3) is 6.67. The molecule has 0 spiro atoms. The normalized spacial score (nSPS) is 18.9. The molecule has 33 heavy (non-hydrogen) atoms. The number of thioether (sulfide) groups is 1. The lowest BCUT2D eigenvalue weighted by molar-refractivity contribution is -0.0705. The van der Waals surface area contributed by atoms with Gasteiger partial charge in [0.1, 0.15) is 0 Å². The molecule has 0 bridgehead atoms. The first kappa shape index (κ1) is 24.0. The van der Waals surface area contributed by atoms with Gasteiger partial charge in [-0.3, -0.25) is 9.69 Å². The predicted octanol–water partition coefficient (Wildman–Crippen LogP) is 5.28. The molecule has 2 unspecified atom stereocenters. The van der Waals surface area contributed by atoms with Crippen molar-refractivity contribution in [1.82, 2.24) is 15.2 Å². The van der Waals surface area contributed by atoms with E-state index in [4.69, 9.17) is 4.74 Å². The van der Waals surface area contributed by atoms with Crippen LogP contribution < -0.4 is 5.32 Å². The highest BCUT2D eigenvalue weighted by atomic mass is 32.2. The lowest BCUT2D eigenvalue weighted by atomic mass is 10.1. The Morgan fingerprint density at radius 1 is 1.12 bits per heavy atom. The van der Waals surface area contributed by atoms with E-state index in [1.54, 1.807) is 23.1 Å². The Morgan fingerprint density at radius 2 is 1.82 bits per heavy atom. The van der Waals surface area contributed by atoms with Crippen LogP contribution in [0.15, 0.2) is 58.8 Å². The van der Waals surface area contributed by atoms with Gasteiger partial charge < -0.3 is 10.1 Å². The molecular formula is C26H31N3O2S2. The maximum absolute atomic E-state index is 13.1. The molecule has 2 atom stereocenters. The van der Waals surface area contributed by atoms with Gasteiger partial charge in [0.2, 0.25) is 0 Å². The third-order valence-electron chi connectivity index (χ3n) is 5.62. The number of nitrogens with zero attached hydrogens (tertiary/aromatic N) is 2.